The Bertz CT molecular complexity index is 646. The molecular formula is C13H15NO5S. The summed E-state index contributed by atoms with van der Waals surface area (Å²) in [6.45, 7) is 1.79. The number of hydrogen-bond acceptors (Lipinski definition) is 4. The van der Waals surface area contributed by atoms with Gasteiger partial charge in [-0.1, -0.05) is 12.1 Å². The van der Waals surface area contributed by atoms with Crippen LogP contribution < -0.4 is 0 Å². The Hall–Kier alpha value is -1.73. The number of nitrogens with zero attached hydrogens (tertiary/aromatic N) is 1. The summed E-state index contributed by atoms with van der Waals surface area (Å²) >= 11 is 0. The Kier molecular flexibility index (Phi) is 3.92. The molecule has 0 unspecified atom stereocenters. The molecule has 1 fully saturated rings. The highest BCUT2D eigenvalue weighted by Gasteiger charge is 2.37. The van der Waals surface area contributed by atoms with Crippen molar-refractivity contribution in [2.75, 3.05) is 13.1 Å². The Morgan fingerprint density at radius 2 is 2.00 bits per heavy atom. The first-order chi connectivity index (χ1) is 9.30. The topological polar surface area (TPSA) is 91.8 Å². The largest absolute Gasteiger partial charge is 0.481 e. The van der Waals surface area contributed by atoms with E-state index >= 15 is 0 Å². The smallest absolute Gasteiger partial charge is 0.303 e. The van der Waals surface area contributed by atoms with E-state index < -0.39 is 16.0 Å². The summed E-state index contributed by atoms with van der Waals surface area (Å²) in [4.78, 5) is 21.9. The highest BCUT2D eigenvalue weighted by Crippen LogP contribution is 2.27. The first-order valence-electron chi connectivity index (χ1n) is 6.13. The number of sulfonamides is 1. The van der Waals surface area contributed by atoms with Gasteiger partial charge in [0, 0.05) is 18.7 Å². The number of ketones is 1. The Morgan fingerprint density at radius 3 is 2.55 bits per heavy atom. The predicted octanol–water partition coefficient (Wildman–Crippen LogP) is 0.984. The van der Waals surface area contributed by atoms with Crippen LogP contribution in [-0.4, -0.2) is 42.7 Å². The molecule has 1 N–H and O–H groups in total. The second-order valence-electron chi connectivity index (χ2n) is 4.87. The van der Waals surface area contributed by atoms with E-state index in [1.54, 1.807) is 6.07 Å². The number of aliphatic carboxylic acids is 1. The van der Waals surface area contributed by atoms with Gasteiger partial charge in [0.05, 0.1) is 11.3 Å². The molecule has 0 amide bonds. The van der Waals surface area contributed by atoms with E-state index in [1.807, 2.05) is 0 Å². The first kappa shape index (κ1) is 14.7. The number of carbonyl (C=O) groups excluding carboxylic acids is 1. The molecule has 0 radical (unpaired) electrons. The van der Waals surface area contributed by atoms with Crippen LogP contribution in [0.25, 0.3) is 0 Å². The summed E-state index contributed by atoms with van der Waals surface area (Å²) in [5.74, 6) is -1.27. The van der Waals surface area contributed by atoms with E-state index in [4.69, 9.17) is 5.11 Å². The van der Waals surface area contributed by atoms with Crippen LogP contribution in [0.1, 0.15) is 23.7 Å². The number of hydrogen-bond donors (Lipinski definition) is 1. The number of benzene rings is 1. The van der Waals surface area contributed by atoms with E-state index in [0.29, 0.717) is 5.56 Å². The second kappa shape index (κ2) is 5.34. The zero-order valence-corrected chi connectivity index (χ0v) is 11.8. The van der Waals surface area contributed by atoms with Crippen molar-refractivity contribution >= 4 is 21.8 Å². The van der Waals surface area contributed by atoms with Crippen molar-refractivity contribution in [3.63, 3.8) is 0 Å². The fourth-order valence-corrected chi connectivity index (χ4v) is 3.76. The Labute approximate surface area is 117 Å². The third-order valence-electron chi connectivity index (χ3n) is 3.27. The van der Waals surface area contributed by atoms with Crippen molar-refractivity contribution in [1.29, 1.82) is 0 Å². The van der Waals surface area contributed by atoms with Crippen molar-refractivity contribution in [3.05, 3.63) is 29.8 Å². The van der Waals surface area contributed by atoms with E-state index in [-0.39, 0.29) is 36.1 Å². The van der Waals surface area contributed by atoms with Crippen LogP contribution >= 0.6 is 0 Å². The molecule has 20 heavy (non-hydrogen) atoms. The van der Waals surface area contributed by atoms with Crippen LogP contribution in [0.15, 0.2) is 29.2 Å². The summed E-state index contributed by atoms with van der Waals surface area (Å²) in [5.41, 5.74) is 0.341. The molecule has 1 aromatic rings. The molecule has 1 aliphatic heterocycles. The van der Waals surface area contributed by atoms with Gasteiger partial charge in [-0.05, 0) is 25.0 Å². The summed E-state index contributed by atoms with van der Waals surface area (Å²) in [6.07, 6.45) is -0.0283. The monoisotopic (exact) mass is 297 g/mol. The zero-order chi connectivity index (χ0) is 14.9. The third-order valence-corrected chi connectivity index (χ3v) is 5.09. The van der Waals surface area contributed by atoms with Gasteiger partial charge in [0.15, 0.2) is 5.78 Å². The minimum atomic E-state index is -3.64. The number of carboxylic acid groups (broad SMARTS) is 1. The summed E-state index contributed by atoms with van der Waals surface area (Å²) in [6, 6.07) is 5.87. The van der Waals surface area contributed by atoms with Gasteiger partial charge in [0.25, 0.3) is 0 Å². The van der Waals surface area contributed by atoms with E-state index in [2.05, 4.69) is 0 Å². The SMILES string of the molecule is CC(=O)c1cccc(S(=O)(=O)N2CC(CC(=O)O)C2)c1. The van der Waals surface area contributed by atoms with Crippen molar-refractivity contribution in [1.82, 2.24) is 4.31 Å². The quantitative estimate of drug-likeness (QED) is 0.818. The second-order valence-corrected chi connectivity index (χ2v) is 6.81. The van der Waals surface area contributed by atoms with Gasteiger partial charge >= 0.3 is 5.97 Å². The normalized spacial score (nSPS) is 16.6. The van der Waals surface area contributed by atoms with Gasteiger partial charge < -0.3 is 5.11 Å². The highest BCUT2D eigenvalue weighted by molar-refractivity contribution is 7.89. The minimum absolute atomic E-state index is 0.0283. The number of carbonyl (C=O) groups is 2. The lowest BCUT2D eigenvalue weighted by atomic mass is 10.00. The molecule has 6 nitrogen and oxygen atoms in total. The molecule has 0 bridgehead atoms. The zero-order valence-electron chi connectivity index (χ0n) is 10.9. The Balaban J connectivity index is 2.14. The maximum atomic E-state index is 12.3. The van der Waals surface area contributed by atoms with Crippen LogP contribution in [-0.2, 0) is 14.8 Å². The van der Waals surface area contributed by atoms with Gasteiger partial charge in [0.1, 0.15) is 0 Å². The molecule has 108 valence electrons. The van der Waals surface area contributed by atoms with Gasteiger partial charge in [-0.25, -0.2) is 8.42 Å². The maximum Gasteiger partial charge on any atom is 0.303 e. The summed E-state index contributed by atoms with van der Waals surface area (Å²) in [7, 11) is -3.64. The van der Waals surface area contributed by atoms with E-state index in [9.17, 15) is 18.0 Å². The lowest BCUT2D eigenvalue weighted by Crippen LogP contribution is -2.50. The molecule has 1 heterocycles. The van der Waals surface area contributed by atoms with Gasteiger partial charge in [-0.2, -0.15) is 4.31 Å². The van der Waals surface area contributed by atoms with Crippen molar-refractivity contribution < 1.29 is 23.1 Å². The molecule has 1 saturated heterocycles. The van der Waals surface area contributed by atoms with Crippen LogP contribution in [0.2, 0.25) is 0 Å². The molecule has 2 rings (SSSR count). The molecule has 7 heteroatoms. The number of rotatable bonds is 5. The molecule has 0 atom stereocenters. The summed E-state index contributed by atoms with van der Waals surface area (Å²) in [5, 5.41) is 8.65. The molecule has 1 aliphatic rings. The van der Waals surface area contributed by atoms with Crippen molar-refractivity contribution in [2.45, 2.75) is 18.2 Å². The van der Waals surface area contributed by atoms with Gasteiger partial charge in [-0.15, -0.1) is 0 Å². The fourth-order valence-electron chi connectivity index (χ4n) is 2.12. The molecule has 0 saturated carbocycles. The molecule has 0 spiro atoms. The number of Topliss-reactive ketones (excluding diaryl/α,β-unsaturated/α-hetero) is 1. The lowest BCUT2D eigenvalue weighted by molar-refractivity contribution is -0.139. The highest BCUT2D eigenvalue weighted by atomic mass is 32.2. The average Bonchev–Trinajstić information content (AvgIpc) is 2.33. The third kappa shape index (κ3) is 2.88. The van der Waals surface area contributed by atoms with Crippen molar-refractivity contribution in [3.8, 4) is 0 Å². The molecule has 1 aromatic carbocycles. The number of carboxylic acids is 1. The fraction of sp³-hybridized carbons (Fsp3) is 0.385. The molecule has 0 aliphatic carbocycles. The van der Waals surface area contributed by atoms with Crippen LogP contribution in [0, 0.1) is 5.92 Å². The lowest BCUT2D eigenvalue weighted by Gasteiger charge is -2.37. The Morgan fingerprint density at radius 1 is 1.35 bits per heavy atom. The molecule has 0 aromatic heterocycles. The van der Waals surface area contributed by atoms with Crippen LogP contribution in [0.5, 0.6) is 0 Å². The van der Waals surface area contributed by atoms with Gasteiger partial charge in [0.2, 0.25) is 10.0 Å². The first-order valence-corrected chi connectivity index (χ1v) is 7.57. The van der Waals surface area contributed by atoms with E-state index in [0.717, 1.165) is 0 Å². The van der Waals surface area contributed by atoms with Crippen LogP contribution in [0.4, 0.5) is 0 Å². The summed E-state index contributed by atoms with van der Waals surface area (Å²) < 4.78 is 25.8. The maximum absolute atomic E-state index is 12.3. The van der Waals surface area contributed by atoms with Gasteiger partial charge in [-0.3, -0.25) is 9.59 Å². The van der Waals surface area contributed by atoms with Crippen LogP contribution in [0.3, 0.4) is 0 Å². The standard InChI is InChI=1S/C13H15NO5S/c1-9(15)11-3-2-4-12(6-11)20(18,19)14-7-10(8-14)5-13(16)17/h2-4,6,10H,5,7-8H2,1H3,(H,16,17). The minimum Gasteiger partial charge on any atom is -0.481 e. The van der Waals surface area contributed by atoms with Crippen molar-refractivity contribution in [2.24, 2.45) is 5.92 Å². The molecular weight excluding hydrogens is 282 g/mol. The predicted molar refractivity (Wildman–Crippen MR) is 70.9 cm³/mol. The van der Waals surface area contributed by atoms with E-state index in [1.165, 1.54) is 29.4 Å². The average molecular weight is 297 g/mol.